The van der Waals surface area contributed by atoms with Gasteiger partial charge in [0.1, 0.15) is 5.82 Å². The van der Waals surface area contributed by atoms with E-state index in [0.29, 0.717) is 18.5 Å². The third kappa shape index (κ3) is 3.31. The van der Waals surface area contributed by atoms with Gasteiger partial charge in [0.05, 0.1) is 0 Å². The molecule has 0 aliphatic carbocycles. The molecule has 6 heteroatoms. The Hall–Kier alpha value is -3.15. The van der Waals surface area contributed by atoms with Gasteiger partial charge in [-0.05, 0) is 36.1 Å². The number of carbonyl (C=O) groups is 1. The molecule has 1 unspecified atom stereocenters. The zero-order valence-corrected chi connectivity index (χ0v) is 14.3. The zero-order chi connectivity index (χ0) is 17.9. The van der Waals surface area contributed by atoms with Crippen molar-refractivity contribution in [2.75, 3.05) is 0 Å². The highest BCUT2D eigenvalue weighted by Crippen LogP contribution is 2.19. The lowest BCUT2D eigenvalue weighted by atomic mass is 10.0. The number of fused-ring (bicyclic) bond motifs is 1. The first-order chi connectivity index (χ1) is 12.7. The average molecular weight is 348 g/mol. The van der Waals surface area contributed by atoms with E-state index in [-0.39, 0.29) is 17.6 Å². The highest BCUT2D eigenvalue weighted by atomic mass is 16.2. The molecular weight excluding hydrogens is 328 g/mol. The van der Waals surface area contributed by atoms with Gasteiger partial charge in [0, 0.05) is 24.6 Å². The maximum absolute atomic E-state index is 12.5. The number of carbonyl (C=O) groups excluding carboxylic acids is 1. The lowest BCUT2D eigenvalue weighted by Crippen LogP contribution is -2.35. The fourth-order valence-corrected chi connectivity index (χ4v) is 3.36. The fourth-order valence-electron chi connectivity index (χ4n) is 3.36. The van der Waals surface area contributed by atoms with E-state index in [4.69, 9.17) is 0 Å². The smallest absolute Gasteiger partial charge is 0.343 e. The van der Waals surface area contributed by atoms with Crippen LogP contribution in [0.15, 0.2) is 59.4 Å². The van der Waals surface area contributed by atoms with Crippen molar-refractivity contribution in [1.29, 1.82) is 0 Å². The zero-order valence-electron chi connectivity index (χ0n) is 14.3. The molecule has 3 aromatic rings. The lowest BCUT2D eigenvalue weighted by molar-refractivity contribution is 0.0933. The average Bonchev–Trinajstić information content (AvgIpc) is 2.91. The predicted molar refractivity (Wildman–Crippen MR) is 98.9 cm³/mol. The molecule has 2 N–H and O–H groups in total. The Balaban J connectivity index is 1.41. The number of hydrogen-bond donors (Lipinski definition) is 2. The van der Waals surface area contributed by atoms with Crippen LogP contribution in [0, 0.1) is 0 Å². The molecule has 1 aliphatic rings. The van der Waals surface area contributed by atoms with Gasteiger partial charge in [-0.15, -0.1) is 0 Å². The van der Waals surface area contributed by atoms with E-state index < -0.39 is 0 Å². The lowest BCUT2D eigenvalue weighted by Gasteiger charge is -2.16. The SMILES string of the molecule is O=C(NC1CCc2n[nH]c(=O)n2CC1)c1ccc(-c2ccccc2)cc1. The Morgan fingerprint density at radius 3 is 2.54 bits per heavy atom. The quantitative estimate of drug-likeness (QED) is 0.763. The summed E-state index contributed by atoms with van der Waals surface area (Å²) in [5, 5.41) is 9.60. The minimum Gasteiger partial charge on any atom is -0.349 e. The summed E-state index contributed by atoms with van der Waals surface area (Å²) in [5.74, 6) is 0.682. The van der Waals surface area contributed by atoms with Crippen molar-refractivity contribution >= 4 is 5.91 Å². The van der Waals surface area contributed by atoms with Gasteiger partial charge < -0.3 is 5.32 Å². The Morgan fingerprint density at radius 1 is 1.04 bits per heavy atom. The van der Waals surface area contributed by atoms with Crippen LogP contribution < -0.4 is 11.0 Å². The second-order valence-electron chi connectivity index (χ2n) is 6.54. The number of aromatic nitrogens is 3. The van der Waals surface area contributed by atoms with Gasteiger partial charge in [0.15, 0.2) is 0 Å². The summed E-state index contributed by atoms with van der Waals surface area (Å²) in [4.78, 5) is 24.2. The molecule has 1 aliphatic heterocycles. The van der Waals surface area contributed by atoms with E-state index in [9.17, 15) is 9.59 Å². The van der Waals surface area contributed by atoms with Gasteiger partial charge in [0.2, 0.25) is 0 Å². The third-order valence-electron chi connectivity index (χ3n) is 4.84. The van der Waals surface area contributed by atoms with Crippen LogP contribution >= 0.6 is 0 Å². The highest BCUT2D eigenvalue weighted by Gasteiger charge is 2.20. The van der Waals surface area contributed by atoms with Crippen LogP contribution in [-0.4, -0.2) is 26.7 Å². The summed E-state index contributed by atoms with van der Waals surface area (Å²) in [5.41, 5.74) is 2.68. The molecule has 4 rings (SSSR count). The molecular formula is C20H20N4O2. The molecule has 6 nitrogen and oxygen atoms in total. The van der Waals surface area contributed by atoms with Crippen molar-refractivity contribution in [3.8, 4) is 11.1 Å². The standard InChI is InChI=1S/C20H20N4O2/c25-19(16-8-6-15(7-9-16)14-4-2-1-3-5-14)21-17-10-11-18-22-23-20(26)24(18)13-12-17/h1-9,17H,10-13H2,(H,21,25)(H,23,26). The van der Waals surface area contributed by atoms with Crippen LogP contribution in [0.2, 0.25) is 0 Å². The van der Waals surface area contributed by atoms with E-state index in [1.54, 1.807) is 4.57 Å². The number of benzene rings is 2. The number of aromatic amines is 1. The molecule has 0 bridgehead atoms. The predicted octanol–water partition coefficient (Wildman–Crippen LogP) is 2.37. The molecule has 26 heavy (non-hydrogen) atoms. The molecule has 0 fully saturated rings. The van der Waals surface area contributed by atoms with E-state index in [1.807, 2.05) is 54.6 Å². The van der Waals surface area contributed by atoms with Crippen molar-refractivity contribution in [3.05, 3.63) is 76.5 Å². The van der Waals surface area contributed by atoms with Gasteiger partial charge in [-0.2, -0.15) is 5.10 Å². The van der Waals surface area contributed by atoms with Gasteiger partial charge in [-0.3, -0.25) is 9.36 Å². The highest BCUT2D eigenvalue weighted by molar-refractivity contribution is 5.94. The minimum absolute atomic E-state index is 0.0393. The van der Waals surface area contributed by atoms with Crippen LogP contribution in [0.4, 0.5) is 0 Å². The molecule has 1 atom stereocenters. The van der Waals surface area contributed by atoms with Crippen LogP contribution in [0.1, 0.15) is 29.0 Å². The summed E-state index contributed by atoms with van der Waals surface area (Å²) >= 11 is 0. The summed E-state index contributed by atoms with van der Waals surface area (Å²) in [6.07, 6.45) is 2.18. The van der Waals surface area contributed by atoms with Gasteiger partial charge in [-0.1, -0.05) is 42.5 Å². The number of rotatable bonds is 3. The summed E-state index contributed by atoms with van der Waals surface area (Å²) < 4.78 is 1.65. The fraction of sp³-hybridized carbons (Fsp3) is 0.250. The van der Waals surface area contributed by atoms with Crippen LogP contribution in [0.25, 0.3) is 11.1 Å². The normalized spacial score (nSPS) is 16.5. The maximum atomic E-state index is 12.5. The molecule has 2 heterocycles. The maximum Gasteiger partial charge on any atom is 0.343 e. The van der Waals surface area contributed by atoms with Crippen molar-refractivity contribution in [2.24, 2.45) is 0 Å². The number of hydrogen-bond acceptors (Lipinski definition) is 3. The van der Waals surface area contributed by atoms with Crippen molar-refractivity contribution in [3.63, 3.8) is 0 Å². The number of nitrogens with zero attached hydrogens (tertiary/aromatic N) is 2. The molecule has 1 aromatic heterocycles. The minimum atomic E-state index is -0.177. The number of aryl methyl sites for hydroxylation is 1. The Kier molecular flexibility index (Phi) is 4.39. The first-order valence-corrected chi connectivity index (χ1v) is 8.81. The van der Waals surface area contributed by atoms with Crippen molar-refractivity contribution in [2.45, 2.75) is 31.8 Å². The third-order valence-corrected chi connectivity index (χ3v) is 4.84. The first kappa shape index (κ1) is 16.3. The molecule has 0 spiro atoms. The van der Waals surface area contributed by atoms with Crippen LogP contribution in [0.3, 0.4) is 0 Å². The molecule has 132 valence electrons. The van der Waals surface area contributed by atoms with Gasteiger partial charge in [-0.25, -0.2) is 9.89 Å². The molecule has 0 saturated heterocycles. The molecule has 1 amide bonds. The first-order valence-electron chi connectivity index (χ1n) is 8.81. The number of H-pyrrole nitrogens is 1. The van der Waals surface area contributed by atoms with Crippen molar-refractivity contribution in [1.82, 2.24) is 20.1 Å². The topological polar surface area (TPSA) is 79.8 Å². The number of nitrogens with one attached hydrogen (secondary N) is 2. The van der Waals surface area contributed by atoms with Gasteiger partial charge >= 0.3 is 5.69 Å². The molecule has 0 radical (unpaired) electrons. The monoisotopic (exact) mass is 348 g/mol. The molecule has 0 saturated carbocycles. The van der Waals surface area contributed by atoms with Crippen LogP contribution in [0.5, 0.6) is 0 Å². The second kappa shape index (κ2) is 7.00. The molecule has 2 aromatic carbocycles. The Bertz CT molecular complexity index is 957. The summed E-state index contributed by atoms with van der Waals surface area (Å²) in [6.45, 7) is 0.572. The van der Waals surface area contributed by atoms with Crippen LogP contribution in [-0.2, 0) is 13.0 Å². The van der Waals surface area contributed by atoms with E-state index in [1.165, 1.54) is 0 Å². The van der Waals surface area contributed by atoms with E-state index in [2.05, 4.69) is 15.5 Å². The van der Waals surface area contributed by atoms with E-state index >= 15 is 0 Å². The Labute approximate surface area is 150 Å². The Morgan fingerprint density at radius 2 is 1.77 bits per heavy atom. The second-order valence-corrected chi connectivity index (χ2v) is 6.54. The van der Waals surface area contributed by atoms with E-state index in [0.717, 1.165) is 29.8 Å². The summed E-state index contributed by atoms with van der Waals surface area (Å²) in [7, 11) is 0. The van der Waals surface area contributed by atoms with Crippen molar-refractivity contribution < 1.29 is 4.79 Å². The number of amides is 1. The summed E-state index contributed by atoms with van der Waals surface area (Å²) in [6, 6.07) is 17.7. The van der Waals surface area contributed by atoms with Gasteiger partial charge in [0.25, 0.3) is 5.91 Å². The largest absolute Gasteiger partial charge is 0.349 e.